The number of amides is 1. The minimum atomic E-state index is -0.913. The van der Waals surface area contributed by atoms with Crippen LogP contribution in [0, 0.1) is 17.1 Å². The first-order valence-electron chi connectivity index (χ1n) is 10.7. The number of primary amides is 1. The van der Waals surface area contributed by atoms with Gasteiger partial charge in [0.2, 0.25) is 0 Å². The van der Waals surface area contributed by atoms with E-state index in [-0.39, 0.29) is 58.4 Å². The van der Waals surface area contributed by atoms with E-state index in [0.717, 1.165) is 6.07 Å². The second-order valence-corrected chi connectivity index (χ2v) is 8.19. The first-order chi connectivity index (χ1) is 17.2. The summed E-state index contributed by atoms with van der Waals surface area (Å²) in [6, 6.07) is 7.38. The number of Topliss-reactive ketones (excluding diaryl/α,β-unsaturated/α-hetero) is 1. The van der Waals surface area contributed by atoms with Crippen LogP contribution in [0.15, 0.2) is 47.5 Å². The number of carbonyl (C=O) groups is 2. The minimum Gasteiger partial charge on any atom is -0.495 e. The molecule has 0 spiro atoms. The van der Waals surface area contributed by atoms with Gasteiger partial charge in [0, 0.05) is 43.5 Å². The fraction of sp³-hybridized carbons (Fsp3) is 0.240. The van der Waals surface area contributed by atoms with Crippen molar-refractivity contribution in [3.63, 3.8) is 0 Å². The maximum Gasteiger partial charge on any atom is 0.267 e. The third kappa shape index (κ3) is 5.76. The van der Waals surface area contributed by atoms with E-state index in [1.54, 1.807) is 6.07 Å². The van der Waals surface area contributed by atoms with Gasteiger partial charge in [-0.1, -0.05) is 17.7 Å². The number of pyridine rings is 2. The molecule has 186 valence electrons. The molecular formula is C25H22ClFN4O5. The van der Waals surface area contributed by atoms with Crippen molar-refractivity contribution in [1.29, 1.82) is 5.26 Å². The molecule has 0 saturated heterocycles. The zero-order valence-electron chi connectivity index (χ0n) is 19.5. The molecule has 0 bridgehead atoms. The molecule has 36 heavy (non-hydrogen) atoms. The SMILES string of the molecule is COCCC(C(=O)Cc1ccc(C(N)=O)nc1)n1cc(OC)c(-c2cc(Cl)c(F)cc2C#N)cc1=O. The zero-order valence-corrected chi connectivity index (χ0v) is 20.2. The Kier molecular flexibility index (Phi) is 8.53. The third-order valence-corrected chi connectivity index (χ3v) is 5.78. The predicted octanol–water partition coefficient (Wildman–Crippen LogP) is 3.07. The summed E-state index contributed by atoms with van der Waals surface area (Å²) in [5.74, 6) is -1.59. The molecule has 2 heterocycles. The first-order valence-corrected chi connectivity index (χ1v) is 11.0. The van der Waals surface area contributed by atoms with Crippen LogP contribution < -0.4 is 16.0 Å². The van der Waals surface area contributed by atoms with Crippen molar-refractivity contribution in [2.24, 2.45) is 5.73 Å². The van der Waals surface area contributed by atoms with Crippen LogP contribution in [0.3, 0.4) is 0 Å². The summed E-state index contributed by atoms with van der Waals surface area (Å²) in [5, 5.41) is 9.23. The lowest BCUT2D eigenvalue weighted by atomic mass is 9.99. The van der Waals surface area contributed by atoms with Crippen LogP contribution in [0.2, 0.25) is 5.02 Å². The van der Waals surface area contributed by atoms with E-state index in [9.17, 15) is 24.0 Å². The van der Waals surface area contributed by atoms with Gasteiger partial charge < -0.3 is 19.8 Å². The van der Waals surface area contributed by atoms with Gasteiger partial charge >= 0.3 is 0 Å². The number of methoxy groups -OCH3 is 2. The van der Waals surface area contributed by atoms with Crippen molar-refractivity contribution in [3.05, 3.63) is 80.7 Å². The molecule has 0 aliphatic carbocycles. The number of benzene rings is 1. The van der Waals surface area contributed by atoms with Crippen LogP contribution in [-0.4, -0.2) is 42.1 Å². The van der Waals surface area contributed by atoms with Gasteiger partial charge in [-0.2, -0.15) is 5.26 Å². The lowest BCUT2D eigenvalue weighted by Gasteiger charge is -2.21. The van der Waals surface area contributed by atoms with Gasteiger partial charge in [-0.25, -0.2) is 4.39 Å². The normalized spacial score (nSPS) is 11.5. The largest absolute Gasteiger partial charge is 0.495 e. The predicted molar refractivity (Wildman–Crippen MR) is 129 cm³/mol. The maximum absolute atomic E-state index is 13.9. The molecule has 3 rings (SSSR count). The summed E-state index contributed by atoms with van der Waals surface area (Å²) in [6.45, 7) is 0.192. The molecule has 3 aromatic rings. The standard InChI is InChI=1S/C25H22ClFN4O5/c1-35-6-5-21(22(32)7-14-3-4-20(25(29)34)30-12-14)31-13-23(36-2)17(10-24(31)33)16-9-18(26)19(27)8-15(16)11-28/h3-4,8-10,12-13,21H,5-7H2,1-2H3,(H2,29,34). The molecule has 0 saturated carbocycles. The van der Waals surface area contributed by atoms with Crippen molar-refractivity contribution in [3.8, 4) is 22.9 Å². The molecule has 1 aromatic carbocycles. The summed E-state index contributed by atoms with van der Waals surface area (Å²) >= 11 is 5.91. The second-order valence-electron chi connectivity index (χ2n) is 7.78. The second kappa shape index (κ2) is 11.6. The molecule has 1 unspecified atom stereocenters. The average molecular weight is 513 g/mol. The highest BCUT2D eigenvalue weighted by molar-refractivity contribution is 6.31. The van der Waals surface area contributed by atoms with Crippen molar-refractivity contribution in [1.82, 2.24) is 9.55 Å². The lowest BCUT2D eigenvalue weighted by Crippen LogP contribution is -2.31. The number of nitrogens with zero attached hydrogens (tertiary/aromatic N) is 3. The van der Waals surface area contributed by atoms with Crippen LogP contribution in [0.25, 0.3) is 11.1 Å². The van der Waals surface area contributed by atoms with E-state index in [4.69, 9.17) is 26.8 Å². The van der Waals surface area contributed by atoms with Crippen LogP contribution in [0.5, 0.6) is 5.75 Å². The van der Waals surface area contributed by atoms with E-state index in [1.165, 1.54) is 49.4 Å². The van der Waals surface area contributed by atoms with Crippen LogP contribution >= 0.6 is 11.6 Å². The van der Waals surface area contributed by atoms with Gasteiger partial charge in [0.25, 0.3) is 11.5 Å². The monoisotopic (exact) mass is 512 g/mol. The van der Waals surface area contributed by atoms with Gasteiger partial charge in [-0.3, -0.25) is 19.4 Å². The number of hydrogen-bond donors (Lipinski definition) is 1. The molecule has 0 radical (unpaired) electrons. The van der Waals surface area contributed by atoms with Gasteiger partial charge in [0.05, 0.1) is 36.0 Å². The molecule has 9 nitrogen and oxygen atoms in total. The number of hydrogen-bond acceptors (Lipinski definition) is 7. The van der Waals surface area contributed by atoms with Crippen molar-refractivity contribution >= 4 is 23.3 Å². The zero-order chi connectivity index (χ0) is 26.4. The molecular weight excluding hydrogens is 491 g/mol. The highest BCUT2D eigenvalue weighted by atomic mass is 35.5. The van der Waals surface area contributed by atoms with E-state index < -0.39 is 23.3 Å². The number of halogens is 2. The number of carbonyl (C=O) groups excluding carboxylic acids is 2. The van der Waals surface area contributed by atoms with Gasteiger partial charge in [0.15, 0.2) is 5.78 Å². The summed E-state index contributed by atoms with van der Waals surface area (Å²) in [5.41, 5.74) is 5.65. The van der Waals surface area contributed by atoms with Crippen LogP contribution in [0.4, 0.5) is 4.39 Å². The molecule has 2 N–H and O–H groups in total. The molecule has 0 aliphatic heterocycles. The molecule has 1 amide bonds. The number of nitriles is 1. The summed E-state index contributed by atoms with van der Waals surface area (Å²) in [7, 11) is 2.84. The summed E-state index contributed by atoms with van der Waals surface area (Å²) in [6.07, 6.45) is 2.86. The van der Waals surface area contributed by atoms with E-state index >= 15 is 0 Å². The highest BCUT2D eigenvalue weighted by Gasteiger charge is 2.24. The Morgan fingerprint density at radius 3 is 2.58 bits per heavy atom. The van der Waals surface area contributed by atoms with E-state index in [1.807, 2.05) is 6.07 Å². The number of aromatic nitrogens is 2. The Morgan fingerprint density at radius 1 is 1.25 bits per heavy atom. The Labute approximate surface area is 210 Å². The molecule has 0 aliphatic rings. The number of ketones is 1. The summed E-state index contributed by atoms with van der Waals surface area (Å²) in [4.78, 5) is 41.6. The summed E-state index contributed by atoms with van der Waals surface area (Å²) < 4.78 is 25.7. The molecule has 2 aromatic heterocycles. The van der Waals surface area contributed by atoms with Crippen molar-refractivity contribution in [2.45, 2.75) is 18.9 Å². The molecule has 11 heteroatoms. The quantitative estimate of drug-likeness (QED) is 0.440. The van der Waals surface area contributed by atoms with Crippen LogP contribution in [0.1, 0.15) is 34.1 Å². The fourth-order valence-electron chi connectivity index (χ4n) is 3.69. The lowest BCUT2D eigenvalue weighted by molar-refractivity contribution is -0.122. The Bertz CT molecular complexity index is 1400. The highest BCUT2D eigenvalue weighted by Crippen LogP contribution is 2.34. The Balaban J connectivity index is 2.04. The van der Waals surface area contributed by atoms with E-state index in [0.29, 0.717) is 5.56 Å². The van der Waals surface area contributed by atoms with Crippen molar-refractivity contribution < 1.29 is 23.5 Å². The van der Waals surface area contributed by atoms with E-state index in [2.05, 4.69) is 4.98 Å². The number of ether oxygens (including phenoxy) is 2. The number of rotatable bonds is 10. The fourth-order valence-corrected chi connectivity index (χ4v) is 3.85. The third-order valence-electron chi connectivity index (χ3n) is 5.49. The minimum absolute atomic E-state index is 0.0359. The topological polar surface area (TPSA) is 137 Å². The molecule has 0 fully saturated rings. The Morgan fingerprint density at radius 2 is 2.00 bits per heavy atom. The smallest absolute Gasteiger partial charge is 0.267 e. The number of nitrogens with two attached hydrogens (primary N) is 1. The van der Waals surface area contributed by atoms with Gasteiger partial charge in [0.1, 0.15) is 17.3 Å². The van der Waals surface area contributed by atoms with Crippen LogP contribution in [-0.2, 0) is 16.0 Å². The molecule has 1 atom stereocenters. The van der Waals surface area contributed by atoms with Gasteiger partial charge in [-0.05, 0) is 30.2 Å². The average Bonchev–Trinajstić information content (AvgIpc) is 2.86. The maximum atomic E-state index is 13.9. The Hall–Kier alpha value is -4.07. The van der Waals surface area contributed by atoms with Gasteiger partial charge in [-0.15, -0.1) is 0 Å². The van der Waals surface area contributed by atoms with Crippen molar-refractivity contribution in [2.75, 3.05) is 20.8 Å². The first kappa shape index (κ1) is 26.5.